The van der Waals surface area contributed by atoms with Crippen molar-refractivity contribution in [3.8, 4) is 11.4 Å². The molecule has 3 atom stereocenters. The Kier molecular flexibility index (Phi) is 3.75. The van der Waals surface area contributed by atoms with Gasteiger partial charge < -0.3 is 15.4 Å². The van der Waals surface area contributed by atoms with Crippen molar-refractivity contribution < 1.29 is 5.11 Å². The average molecular weight is 359 g/mol. The van der Waals surface area contributed by atoms with Crippen molar-refractivity contribution in [2.24, 2.45) is 5.92 Å². The van der Waals surface area contributed by atoms with Gasteiger partial charge >= 0.3 is 0 Å². The van der Waals surface area contributed by atoms with Gasteiger partial charge in [0.15, 0.2) is 11.5 Å². The minimum Gasteiger partial charge on any atom is -0.393 e. The predicted molar refractivity (Wildman–Crippen MR) is 104 cm³/mol. The molecule has 1 aromatic carbocycles. The molecule has 7 nitrogen and oxygen atoms in total. The number of para-hydroxylation sites is 1. The van der Waals surface area contributed by atoms with Crippen LogP contribution in [0.2, 0.25) is 0 Å². The summed E-state index contributed by atoms with van der Waals surface area (Å²) in [5.41, 5.74) is 3.16. The number of fused-ring (bicyclic) bond motifs is 2. The normalized spacial score (nSPS) is 22.5. The number of hydrogen-bond acceptors (Lipinski definition) is 6. The number of rotatable bonds is 3. The Morgan fingerprint density at radius 1 is 1.11 bits per heavy atom. The fourth-order valence-electron chi connectivity index (χ4n) is 3.77. The number of hydrogen-bond donors (Lipinski definition) is 3. The zero-order valence-corrected chi connectivity index (χ0v) is 14.6. The van der Waals surface area contributed by atoms with E-state index in [9.17, 15) is 5.11 Å². The smallest absolute Gasteiger partial charge is 0.183 e. The fraction of sp³-hybridized carbons (Fsp3) is 0.250. The van der Waals surface area contributed by atoms with Crippen LogP contribution < -0.4 is 5.32 Å². The summed E-state index contributed by atoms with van der Waals surface area (Å²) in [6.07, 6.45) is 4.37. The molecule has 0 saturated heterocycles. The maximum atomic E-state index is 9.95. The predicted octanol–water partition coefficient (Wildman–Crippen LogP) is 2.95. The van der Waals surface area contributed by atoms with E-state index in [0.717, 1.165) is 28.4 Å². The summed E-state index contributed by atoms with van der Waals surface area (Å²) in [6, 6.07) is 10.1. The second kappa shape index (κ2) is 6.28. The van der Waals surface area contributed by atoms with Crippen LogP contribution >= 0.6 is 0 Å². The van der Waals surface area contributed by atoms with E-state index in [1.54, 1.807) is 6.20 Å². The van der Waals surface area contributed by atoms with E-state index in [-0.39, 0.29) is 18.1 Å². The lowest BCUT2D eigenvalue weighted by Crippen LogP contribution is -2.17. The molecule has 1 aliphatic rings. The Bertz CT molecular complexity index is 1110. The molecule has 0 unspecified atom stereocenters. The lowest BCUT2D eigenvalue weighted by atomic mass is 10.1. The van der Waals surface area contributed by atoms with Crippen molar-refractivity contribution in [1.82, 2.24) is 24.9 Å². The minimum absolute atomic E-state index is 0.0407. The van der Waals surface area contributed by atoms with Crippen molar-refractivity contribution in [2.75, 3.05) is 5.32 Å². The van der Waals surface area contributed by atoms with Crippen molar-refractivity contribution in [1.29, 1.82) is 0 Å². The van der Waals surface area contributed by atoms with E-state index in [1.165, 1.54) is 6.33 Å². The molecular weight excluding hydrogens is 340 g/mol. The van der Waals surface area contributed by atoms with Crippen LogP contribution in [0.25, 0.3) is 33.5 Å². The largest absolute Gasteiger partial charge is 0.393 e. The van der Waals surface area contributed by atoms with Crippen LogP contribution in [-0.4, -0.2) is 42.2 Å². The number of H-pyrrole nitrogens is 1. The Morgan fingerprint density at radius 2 is 2.00 bits per heavy atom. The monoisotopic (exact) mass is 359 g/mol. The van der Waals surface area contributed by atoms with E-state index < -0.39 is 0 Å². The number of aliphatic hydroxyl groups is 1. The van der Waals surface area contributed by atoms with Crippen LogP contribution in [0.1, 0.15) is 12.8 Å². The number of imidazole rings is 1. The van der Waals surface area contributed by atoms with E-state index >= 15 is 0 Å². The van der Waals surface area contributed by atoms with E-state index in [4.69, 9.17) is 0 Å². The van der Waals surface area contributed by atoms with Crippen molar-refractivity contribution in [3.05, 3.63) is 49.8 Å². The highest BCUT2D eigenvalue weighted by Gasteiger charge is 2.30. The minimum atomic E-state index is -0.376. The van der Waals surface area contributed by atoms with Gasteiger partial charge in [0, 0.05) is 23.2 Å². The van der Waals surface area contributed by atoms with Gasteiger partial charge in [-0.3, -0.25) is 4.98 Å². The molecule has 5 rings (SSSR count). The number of nitrogens with one attached hydrogen (secondary N) is 2. The van der Waals surface area contributed by atoms with Gasteiger partial charge in [0.2, 0.25) is 0 Å². The summed E-state index contributed by atoms with van der Waals surface area (Å²) in [5.74, 6) is 1.44. The van der Waals surface area contributed by atoms with E-state index in [1.807, 2.05) is 30.3 Å². The zero-order chi connectivity index (χ0) is 18.4. The molecule has 1 saturated carbocycles. The van der Waals surface area contributed by atoms with Crippen molar-refractivity contribution >= 4 is 27.9 Å². The number of aliphatic hydroxyl groups excluding tert-OH is 1. The summed E-state index contributed by atoms with van der Waals surface area (Å²) < 4.78 is 0. The first kappa shape index (κ1) is 16.1. The standard InChI is InChI=1S/C20H19N6O/c1-11-8-13(9-15(11)27)24-19-17-20(23-10-22-19)26-18(25-17)14-6-2-4-12-5-3-7-21-16(12)14/h2-7,10-11,13,15,27H,1,8-9H2,(H2,22,23,24,25,26)/t11-,13+,15-/m0/s1. The van der Waals surface area contributed by atoms with Gasteiger partial charge in [-0.15, -0.1) is 0 Å². The first-order chi connectivity index (χ1) is 13.2. The number of aromatic nitrogens is 5. The Morgan fingerprint density at radius 3 is 2.85 bits per heavy atom. The number of aromatic amines is 1. The number of nitrogens with zero attached hydrogens (tertiary/aromatic N) is 4. The molecule has 1 aliphatic carbocycles. The second-order valence-electron chi connectivity index (χ2n) is 7.03. The lowest BCUT2D eigenvalue weighted by molar-refractivity contribution is 0.151. The van der Waals surface area contributed by atoms with Crippen LogP contribution in [0, 0.1) is 12.8 Å². The Hall–Kier alpha value is -3.06. The van der Waals surface area contributed by atoms with Gasteiger partial charge in [-0.25, -0.2) is 15.0 Å². The van der Waals surface area contributed by atoms with Crippen LogP contribution in [0.3, 0.4) is 0 Å². The number of benzene rings is 1. The highest BCUT2D eigenvalue weighted by Crippen LogP contribution is 2.31. The van der Waals surface area contributed by atoms with Gasteiger partial charge in [-0.1, -0.05) is 18.2 Å². The third-order valence-electron chi connectivity index (χ3n) is 5.17. The zero-order valence-electron chi connectivity index (χ0n) is 14.6. The molecule has 1 radical (unpaired) electrons. The van der Waals surface area contributed by atoms with E-state index in [0.29, 0.717) is 23.7 Å². The second-order valence-corrected chi connectivity index (χ2v) is 7.03. The highest BCUT2D eigenvalue weighted by atomic mass is 16.3. The van der Waals surface area contributed by atoms with Crippen LogP contribution in [-0.2, 0) is 0 Å². The van der Waals surface area contributed by atoms with E-state index in [2.05, 4.69) is 37.2 Å². The molecule has 0 aliphatic heterocycles. The summed E-state index contributed by atoms with van der Waals surface area (Å²) in [7, 11) is 0. The molecule has 1 fully saturated rings. The maximum Gasteiger partial charge on any atom is 0.183 e. The third-order valence-corrected chi connectivity index (χ3v) is 5.17. The van der Waals surface area contributed by atoms with Gasteiger partial charge in [-0.2, -0.15) is 0 Å². The Labute approximate surface area is 155 Å². The molecule has 0 bridgehead atoms. The molecular formula is C20H19N6O. The van der Waals surface area contributed by atoms with Crippen LogP contribution in [0.15, 0.2) is 42.9 Å². The molecule has 135 valence electrons. The molecule has 27 heavy (non-hydrogen) atoms. The lowest BCUT2D eigenvalue weighted by Gasteiger charge is -2.12. The first-order valence-corrected chi connectivity index (χ1v) is 9.01. The quantitative estimate of drug-likeness (QED) is 0.520. The number of pyridine rings is 1. The van der Waals surface area contributed by atoms with Gasteiger partial charge in [-0.05, 0) is 37.8 Å². The summed E-state index contributed by atoms with van der Waals surface area (Å²) >= 11 is 0. The third kappa shape index (κ3) is 2.80. The Balaban J connectivity index is 1.56. The highest BCUT2D eigenvalue weighted by molar-refractivity contribution is 5.94. The summed E-state index contributed by atoms with van der Waals surface area (Å²) in [4.78, 5) is 21.2. The van der Waals surface area contributed by atoms with Crippen molar-refractivity contribution in [3.63, 3.8) is 0 Å². The molecule has 7 heteroatoms. The van der Waals surface area contributed by atoms with Crippen molar-refractivity contribution in [2.45, 2.75) is 25.0 Å². The van der Waals surface area contributed by atoms with Crippen LogP contribution in [0.4, 0.5) is 5.82 Å². The van der Waals surface area contributed by atoms with Crippen LogP contribution in [0.5, 0.6) is 0 Å². The molecule has 0 amide bonds. The summed E-state index contributed by atoms with van der Waals surface area (Å²) in [6.45, 7) is 4.00. The molecule has 3 heterocycles. The SMILES string of the molecule is [CH2][C@H]1C[C@@H](Nc2ncnc3nc(-c4cccc5cccnc45)[nH]c23)C[C@@H]1O. The van der Waals surface area contributed by atoms with Gasteiger partial charge in [0.25, 0.3) is 0 Å². The molecule has 3 aromatic heterocycles. The first-order valence-electron chi connectivity index (χ1n) is 9.01. The molecule has 0 spiro atoms. The average Bonchev–Trinajstić information content (AvgIpc) is 3.25. The molecule has 3 N–H and O–H groups in total. The summed E-state index contributed by atoms with van der Waals surface area (Å²) in [5, 5.41) is 14.4. The fourth-order valence-corrected chi connectivity index (χ4v) is 3.77. The maximum absolute atomic E-state index is 9.95. The van der Waals surface area contributed by atoms with Gasteiger partial charge in [0.05, 0.1) is 11.6 Å². The molecule has 4 aromatic rings. The topological polar surface area (TPSA) is 99.6 Å². The number of anilines is 1. The van der Waals surface area contributed by atoms with Gasteiger partial charge in [0.1, 0.15) is 17.7 Å².